The van der Waals surface area contributed by atoms with E-state index in [4.69, 9.17) is 11.6 Å². The Morgan fingerprint density at radius 3 is 3.00 bits per heavy atom. The molecule has 2 N–H and O–H groups in total. The number of nitrogens with one attached hydrogen (secondary N) is 2. The maximum atomic E-state index is 12.0. The Morgan fingerprint density at radius 1 is 1.48 bits per heavy atom. The number of carbonyl (C=O) groups excluding carboxylic acids is 1. The van der Waals surface area contributed by atoms with Crippen LogP contribution in [-0.4, -0.2) is 44.0 Å². The van der Waals surface area contributed by atoms with Crippen molar-refractivity contribution in [1.29, 1.82) is 0 Å². The van der Waals surface area contributed by atoms with Gasteiger partial charge in [0, 0.05) is 19.5 Å². The lowest BCUT2D eigenvalue weighted by Crippen LogP contribution is -2.37. The molecule has 21 heavy (non-hydrogen) atoms. The number of piperidine rings is 1. The molecular weight excluding hydrogens is 286 g/mol. The van der Waals surface area contributed by atoms with Crippen molar-refractivity contribution in [3.63, 3.8) is 0 Å². The zero-order chi connectivity index (χ0) is 15.1. The van der Waals surface area contributed by atoms with Gasteiger partial charge in [0.25, 0.3) is 0 Å². The molecule has 5 heteroatoms. The molecule has 2 rings (SSSR count). The molecule has 1 aromatic rings. The molecule has 1 amide bonds. The quantitative estimate of drug-likeness (QED) is 0.849. The van der Waals surface area contributed by atoms with Crippen molar-refractivity contribution in [2.75, 3.05) is 38.5 Å². The van der Waals surface area contributed by atoms with Crippen LogP contribution in [0.15, 0.2) is 24.3 Å². The number of anilines is 1. The fourth-order valence-corrected chi connectivity index (χ4v) is 2.86. The SMILES string of the molecule is CN(CCC(=O)Nc1ccccc1Cl)CC1CCCNC1. The van der Waals surface area contributed by atoms with Gasteiger partial charge in [0.15, 0.2) is 0 Å². The smallest absolute Gasteiger partial charge is 0.225 e. The van der Waals surface area contributed by atoms with Crippen LogP contribution >= 0.6 is 11.6 Å². The van der Waals surface area contributed by atoms with Crippen molar-refractivity contribution in [2.24, 2.45) is 5.92 Å². The van der Waals surface area contributed by atoms with Gasteiger partial charge in [0.1, 0.15) is 0 Å². The summed E-state index contributed by atoms with van der Waals surface area (Å²) >= 11 is 6.03. The summed E-state index contributed by atoms with van der Waals surface area (Å²) in [6, 6.07) is 7.31. The van der Waals surface area contributed by atoms with E-state index in [-0.39, 0.29) is 5.91 Å². The Kier molecular flexibility index (Phi) is 6.49. The van der Waals surface area contributed by atoms with Crippen molar-refractivity contribution in [3.8, 4) is 0 Å². The van der Waals surface area contributed by atoms with Crippen LogP contribution in [0.2, 0.25) is 5.02 Å². The van der Waals surface area contributed by atoms with Crippen LogP contribution in [-0.2, 0) is 4.79 Å². The first kappa shape index (κ1) is 16.3. The van der Waals surface area contributed by atoms with Crippen molar-refractivity contribution in [3.05, 3.63) is 29.3 Å². The number of halogens is 1. The van der Waals surface area contributed by atoms with Crippen LogP contribution < -0.4 is 10.6 Å². The minimum Gasteiger partial charge on any atom is -0.325 e. The summed E-state index contributed by atoms with van der Waals surface area (Å²) in [5, 5.41) is 6.86. The van der Waals surface area contributed by atoms with E-state index < -0.39 is 0 Å². The Morgan fingerprint density at radius 2 is 2.29 bits per heavy atom. The number of rotatable bonds is 6. The maximum absolute atomic E-state index is 12.0. The maximum Gasteiger partial charge on any atom is 0.225 e. The molecule has 0 radical (unpaired) electrons. The topological polar surface area (TPSA) is 44.4 Å². The van der Waals surface area contributed by atoms with Crippen LogP contribution in [0.4, 0.5) is 5.69 Å². The first-order valence-electron chi connectivity index (χ1n) is 7.59. The second-order valence-corrected chi connectivity index (χ2v) is 6.16. The zero-order valence-electron chi connectivity index (χ0n) is 12.6. The molecule has 1 fully saturated rings. The number of para-hydroxylation sites is 1. The lowest BCUT2D eigenvalue weighted by Gasteiger charge is -2.27. The normalized spacial score (nSPS) is 18.7. The number of nitrogens with zero attached hydrogens (tertiary/aromatic N) is 1. The highest BCUT2D eigenvalue weighted by Gasteiger charge is 2.15. The van der Waals surface area contributed by atoms with Crippen LogP contribution in [0.5, 0.6) is 0 Å². The lowest BCUT2D eigenvalue weighted by atomic mass is 9.99. The van der Waals surface area contributed by atoms with Gasteiger partial charge >= 0.3 is 0 Å². The van der Waals surface area contributed by atoms with Gasteiger partial charge in [-0.2, -0.15) is 0 Å². The van der Waals surface area contributed by atoms with Gasteiger partial charge < -0.3 is 15.5 Å². The van der Waals surface area contributed by atoms with E-state index in [9.17, 15) is 4.79 Å². The second kappa shape index (κ2) is 8.37. The van der Waals surface area contributed by atoms with Crippen LogP contribution in [0.3, 0.4) is 0 Å². The lowest BCUT2D eigenvalue weighted by molar-refractivity contribution is -0.116. The Balaban J connectivity index is 1.69. The molecule has 0 bridgehead atoms. The molecule has 0 aliphatic carbocycles. The molecule has 4 nitrogen and oxygen atoms in total. The summed E-state index contributed by atoms with van der Waals surface area (Å²) < 4.78 is 0. The minimum absolute atomic E-state index is 0.0109. The number of benzene rings is 1. The fraction of sp³-hybridized carbons (Fsp3) is 0.562. The molecule has 1 heterocycles. The summed E-state index contributed by atoms with van der Waals surface area (Å²) in [6.07, 6.45) is 3.02. The van der Waals surface area contributed by atoms with Crippen molar-refractivity contribution >= 4 is 23.2 Å². The van der Waals surface area contributed by atoms with E-state index in [1.54, 1.807) is 6.07 Å². The number of hydrogen-bond acceptors (Lipinski definition) is 3. The first-order valence-corrected chi connectivity index (χ1v) is 7.96. The second-order valence-electron chi connectivity index (χ2n) is 5.75. The molecule has 0 saturated carbocycles. The summed E-state index contributed by atoms with van der Waals surface area (Å²) in [5.41, 5.74) is 0.684. The molecule has 1 aliphatic heterocycles. The van der Waals surface area contributed by atoms with E-state index in [0.717, 1.165) is 26.2 Å². The van der Waals surface area contributed by atoms with E-state index in [1.807, 2.05) is 18.2 Å². The van der Waals surface area contributed by atoms with Gasteiger partial charge in [-0.05, 0) is 51.0 Å². The molecule has 0 spiro atoms. The van der Waals surface area contributed by atoms with Crippen molar-refractivity contribution in [2.45, 2.75) is 19.3 Å². The molecular formula is C16H24ClN3O. The molecule has 1 unspecified atom stereocenters. The molecule has 1 atom stereocenters. The average molecular weight is 310 g/mol. The number of hydrogen-bond donors (Lipinski definition) is 2. The third-order valence-corrected chi connectivity index (χ3v) is 4.17. The van der Waals surface area contributed by atoms with Crippen LogP contribution in [0, 0.1) is 5.92 Å². The van der Waals surface area contributed by atoms with Gasteiger partial charge in [-0.3, -0.25) is 4.79 Å². The van der Waals surface area contributed by atoms with E-state index in [1.165, 1.54) is 12.8 Å². The molecule has 116 valence electrons. The minimum atomic E-state index is 0.0109. The molecule has 1 saturated heterocycles. The Hall–Kier alpha value is -1.10. The highest BCUT2D eigenvalue weighted by Crippen LogP contribution is 2.20. The van der Waals surface area contributed by atoms with Gasteiger partial charge in [0.2, 0.25) is 5.91 Å². The van der Waals surface area contributed by atoms with Gasteiger partial charge in [-0.25, -0.2) is 0 Å². The largest absolute Gasteiger partial charge is 0.325 e. The third kappa shape index (κ3) is 5.65. The average Bonchev–Trinajstić information content (AvgIpc) is 2.49. The van der Waals surface area contributed by atoms with E-state index >= 15 is 0 Å². The van der Waals surface area contributed by atoms with E-state index in [0.29, 0.717) is 23.0 Å². The number of amides is 1. The van der Waals surface area contributed by atoms with Crippen LogP contribution in [0.1, 0.15) is 19.3 Å². The summed E-state index contributed by atoms with van der Waals surface area (Å²) in [4.78, 5) is 14.2. The monoisotopic (exact) mass is 309 g/mol. The Bertz CT molecular complexity index is 461. The highest BCUT2D eigenvalue weighted by molar-refractivity contribution is 6.33. The van der Waals surface area contributed by atoms with E-state index in [2.05, 4.69) is 22.6 Å². The zero-order valence-corrected chi connectivity index (χ0v) is 13.3. The standard InChI is InChI=1S/C16H24ClN3O/c1-20(12-13-5-4-9-18-11-13)10-8-16(21)19-15-7-3-2-6-14(15)17/h2-3,6-7,13,18H,4-5,8-12H2,1H3,(H,19,21). The first-order chi connectivity index (χ1) is 10.1. The summed E-state index contributed by atoms with van der Waals surface area (Å²) in [6.45, 7) is 4.05. The molecule has 1 aromatic carbocycles. The van der Waals surface area contributed by atoms with Gasteiger partial charge in [-0.15, -0.1) is 0 Å². The summed E-state index contributed by atoms with van der Waals surface area (Å²) in [5.74, 6) is 0.715. The predicted octanol–water partition coefficient (Wildman–Crippen LogP) is 2.60. The molecule has 1 aliphatic rings. The van der Waals surface area contributed by atoms with Gasteiger partial charge in [-0.1, -0.05) is 23.7 Å². The molecule has 0 aromatic heterocycles. The fourth-order valence-electron chi connectivity index (χ4n) is 2.68. The predicted molar refractivity (Wildman–Crippen MR) is 87.8 cm³/mol. The van der Waals surface area contributed by atoms with Crippen LogP contribution in [0.25, 0.3) is 0 Å². The van der Waals surface area contributed by atoms with Crippen molar-refractivity contribution < 1.29 is 4.79 Å². The van der Waals surface area contributed by atoms with Crippen molar-refractivity contribution in [1.82, 2.24) is 10.2 Å². The number of carbonyl (C=O) groups is 1. The summed E-state index contributed by atoms with van der Waals surface area (Å²) in [7, 11) is 2.08. The van der Waals surface area contributed by atoms with Gasteiger partial charge in [0.05, 0.1) is 10.7 Å². The highest BCUT2D eigenvalue weighted by atomic mass is 35.5. The third-order valence-electron chi connectivity index (χ3n) is 3.84. The Labute approximate surface area is 131 Å².